The van der Waals surface area contributed by atoms with Gasteiger partial charge in [0.15, 0.2) is 5.82 Å². The largest absolute Gasteiger partial charge is 0.347 e. The quantitative estimate of drug-likeness (QED) is 0.508. The smallest absolute Gasteiger partial charge is 0.172 e. The van der Waals surface area contributed by atoms with E-state index >= 15 is 0 Å². The molecule has 4 aromatic rings. The van der Waals surface area contributed by atoms with E-state index in [9.17, 15) is 0 Å². The average molecular weight is 358 g/mol. The summed E-state index contributed by atoms with van der Waals surface area (Å²) in [6, 6.07) is 19.0. The summed E-state index contributed by atoms with van der Waals surface area (Å²) in [4.78, 5) is 17.8. The molecular formula is C21H18N4S. The summed E-state index contributed by atoms with van der Waals surface area (Å²) in [5.74, 6) is 1.83. The van der Waals surface area contributed by atoms with Crippen LogP contribution in [0, 0.1) is 0 Å². The van der Waals surface area contributed by atoms with E-state index in [1.54, 1.807) is 11.3 Å². The van der Waals surface area contributed by atoms with Crippen LogP contribution in [0.2, 0.25) is 0 Å². The molecule has 0 spiro atoms. The average Bonchev–Trinajstić information content (AvgIpc) is 3.39. The number of benzene rings is 1. The normalized spacial score (nSPS) is 13.8. The number of nitrogens with zero attached hydrogens (tertiary/aromatic N) is 4. The molecule has 26 heavy (non-hydrogen) atoms. The Bertz CT molecular complexity index is 1030. The van der Waals surface area contributed by atoms with E-state index in [4.69, 9.17) is 9.97 Å². The number of anilines is 1. The van der Waals surface area contributed by atoms with Crippen LogP contribution in [0.15, 0.2) is 66.2 Å². The van der Waals surface area contributed by atoms with Gasteiger partial charge in [0.05, 0.1) is 22.6 Å². The topological polar surface area (TPSA) is 41.9 Å². The van der Waals surface area contributed by atoms with Gasteiger partial charge in [-0.15, -0.1) is 11.3 Å². The summed E-state index contributed by atoms with van der Waals surface area (Å²) in [5, 5.41) is 3.18. The van der Waals surface area contributed by atoms with Crippen molar-refractivity contribution in [1.29, 1.82) is 0 Å². The predicted octanol–water partition coefficient (Wildman–Crippen LogP) is 4.92. The summed E-state index contributed by atoms with van der Waals surface area (Å²) < 4.78 is 0. The maximum Gasteiger partial charge on any atom is 0.172 e. The highest BCUT2D eigenvalue weighted by Crippen LogP contribution is 2.36. The Morgan fingerprint density at radius 1 is 0.962 bits per heavy atom. The van der Waals surface area contributed by atoms with E-state index in [2.05, 4.69) is 45.6 Å². The third-order valence-electron chi connectivity index (χ3n) is 4.64. The maximum absolute atomic E-state index is 5.00. The van der Waals surface area contributed by atoms with Gasteiger partial charge in [-0.2, -0.15) is 0 Å². The molecule has 0 aliphatic heterocycles. The molecule has 1 saturated carbocycles. The molecule has 4 nitrogen and oxygen atoms in total. The molecular weight excluding hydrogens is 340 g/mol. The molecule has 1 fully saturated rings. The third kappa shape index (κ3) is 2.95. The van der Waals surface area contributed by atoms with Crippen LogP contribution < -0.4 is 4.90 Å². The fraction of sp³-hybridized carbons (Fsp3) is 0.190. The monoisotopic (exact) mass is 358 g/mol. The molecule has 3 aromatic heterocycles. The van der Waals surface area contributed by atoms with Crippen molar-refractivity contribution in [2.24, 2.45) is 0 Å². The first kappa shape index (κ1) is 15.5. The molecule has 1 aromatic carbocycles. The second-order valence-corrected chi connectivity index (χ2v) is 7.49. The van der Waals surface area contributed by atoms with Crippen LogP contribution in [0.1, 0.15) is 18.5 Å². The molecule has 5 heteroatoms. The van der Waals surface area contributed by atoms with Crippen LogP contribution in [-0.2, 0) is 6.54 Å². The molecule has 0 bridgehead atoms. The molecule has 0 saturated heterocycles. The lowest BCUT2D eigenvalue weighted by Gasteiger charge is -2.25. The van der Waals surface area contributed by atoms with Crippen LogP contribution in [0.5, 0.6) is 0 Å². The lowest BCUT2D eigenvalue weighted by Crippen LogP contribution is -2.27. The van der Waals surface area contributed by atoms with Gasteiger partial charge in [0.25, 0.3) is 0 Å². The number of thiophene rings is 1. The highest BCUT2D eigenvalue weighted by Gasteiger charge is 2.32. The zero-order valence-electron chi connectivity index (χ0n) is 14.2. The van der Waals surface area contributed by atoms with Gasteiger partial charge in [-0.3, -0.25) is 4.98 Å². The Morgan fingerprint density at radius 2 is 1.85 bits per heavy atom. The number of hydrogen-bond acceptors (Lipinski definition) is 5. The van der Waals surface area contributed by atoms with Crippen molar-refractivity contribution >= 4 is 28.1 Å². The van der Waals surface area contributed by atoms with Gasteiger partial charge in [-0.05, 0) is 48.6 Å². The van der Waals surface area contributed by atoms with E-state index in [1.807, 2.05) is 30.5 Å². The van der Waals surface area contributed by atoms with E-state index in [-0.39, 0.29) is 0 Å². The summed E-state index contributed by atoms with van der Waals surface area (Å²) in [6.45, 7) is 0.774. The van der Waals surface area contributed by atoms with Gasteiger partial charge >= 0.3 is 0 Å². The van der Waals surface area contributed by atoms with Gasteiger partial charge in [0.1, 0.15) is 5.82 Å². The van der Waals surface area contributed by atoms with Crippen molar-refractivity contribution in [3.8, 4) is 10.7 Å². The van der Waals surface area contributed by atoms with Gasteiger partial charge in [0.2, 0.25) is 0 Å². The minimum atomic E-state index is 0.534. The Hall–Kier alpha value is -2.79. The van der Waals surface area contributed by atoms with Crippen molar-refractivity contribution in [3.63, 3.8) is 0 Å². The Kier molecular flexibility index (Phi) is 3.87. The first-order valence-electron chi connectivity index (χ1n) is 8.86. The van der Waals surface area contributed by atoms with Crippen molar-refractivity contribution in [2.45, 2.75) is 25.4 Å². The first-order chi connectivity index (χ1) is 12.9. The standard InChI is InChI=1S/C21H18N4S/c1-2-8-18-17(7-1)21(24-20(23-18)19-9-5-13-26-19)25(16-10-11-16)14-15-6-3-4-12-22-15/h1-9,12-13,16H,10-11,14H2. The van der Waals surface area contributed by atoms with Crippen LogP contribution >= 0.6 is 11.3 Å². The summed E-state index contributed by atoms with van der Waals surface area (Å²) in [7, 11) is 0. The highest BCUT2D eigenvalue weighted by atomic mass is 32.1. The Morgan fingerprint density at radius 3 is 2.62 bits per heavy atom. The van der Waals surface area contributed by atoms with Crippen LogP contribution in [0.25, 0.3) is 21.6 Å². The summed E-state index contributed by atoms with van der Waals surface area (Å²) in [5.41, 5.74) is 2.06. The van der Waals surface area contributed by atoms with E-state index in [0.29, 0.717) is 6.04 Å². The van der Waals surface area contributed by atoms with Gasteiger partial charge < -0.3 is 4.90 Å². The van der Waals surface area contributed by atoms with Crippen LogP contribution in [-0.4, -0.2) is 21.0 Å². The van der Waals surface area contributed by atoms with E-state index < -0.39 is 0 Å². The second-order valence-electron chi connectivity index (χ2n) is 6.55. The second kappa shape index (κ2) is 6.50. The molecule has 0 radical (unpaired) electrons. The fourth-order valence-corrected chi connectivity index (χ4v) is 3.88. The zero-order chi connectivity index (χ0) is 17.3. The molecule has 0 atom stereocenters. The zero-order valence-corrected chi connectivity index (χ0v) is 15.1. The van der Waals surface area contributed by atoms with Crippen molar-refractivity contribution in [2.75, 3.05) is 4.90 Å². The van der Waals surface area contributed by atoms with Crippen LogP contribution in [0.3, 0.4) is 0 Å². The molecule has 0 N–H and O–H groups in total. The maximum atomic E-state index is 5.00. The SMILES string of the molecule is c1ccc(CN(c2nc(-c3cccs3)nc3ccccc23)C2CC2)nc1. The number of aromatic nitrogens is 3. The Labute approximate surface area is 156 Å². The Balaban J connectivity index is 1.65. The summed E-state index contributed by atoms with van der Waals surface area (Å²) in [6.07, 6.45) is 4.27. The predicted molar refractivity (Wildman–Crippen MR) is 106 cm³/mol. The minimum absolute atomic E-state index is 0.534. The van der Waals surface area contributed by atoms with Crippen LogP contribution in [0.4, 0.5) is 5.82 Å². The van der Waals surface area contributed by atoms with Gasteiger partial charge in [-0.1, -0.05) is 24.3 Å². The lowest BCUT2D eigenvalue weighted by atomic mass is 10.2. The number of hydrogen-bond donors (Lipinski definition) is 0. The number of pyridine rings is 1. The van der Waals surface area contributed by atoms with Crippen molar-refractivity contribution in [3.05, 3.63) is 71.9 Å². The number of rotatable bonds is 5. The molecule has 0 unspecified atom stereocenters. The lowest BCUT2D eigenvalue weighted by molar-refractivity contribution is 0.765. The van der Waals surface area contributed by atoms with E-state index in [1.165, 1.54) is 12.8 Å². The number of fused-ring (bicyclic) bond motifs is 1. The molecule has 3 heterocycles. The first-order valence-corrected chi connectivity index (χ1v) is 9.74. The highest BCUT2D eigenvalue weighted by molar-refractivity contribution is 7.13. The van der Waals surface area contributed by atoms with Gasteiger partial charge in [0, 0.05) is 17.6 Å². The summed E-state index contributed by atoms with van der Waals surface area (Å²) >= 11 is 1.68. The third-order valence-corrected chi connectivity index (χ3v) is 5.51. The molecule has 1 aliphatic rings. The minimum Gasteiger partial charge on any atom is -0.347 e. The fourth-order valence-electron chi connectivity index (χ4n) is 3.22. The van der Waals surface area contributed by atoms with Crippen molar-refractivity contribution < 1.29 is 0 Å². The van der Waals surface area contributed by atoms with Crippen molar-refractivity contribution in [1.82, 2.24) is 15.0 Å². The molecule has 5 rings (SSSR count). The molecule has 0 amide bonds. The van der Waals surface area contributed by atoms with Gasteiger partial charge in [-0.25, -0.2) is 9.97 Å². The molecule has 1 aliphatic carbocycles. The molecule has 128 valence electrons. The number of para-hydroxylation sites is 1. The van der Waals surface area contributed by atoms with E-state index in [0.717, 1.165) is 39.7 Å².